The van der Waals surface area contributed by atoms with Gasteiger partial charge in [0, 0.05) is 4.47 Å². The van der Waals surface area contributed by atoms with Gasteiger partial charge in [-0.05, 0) is 30.0 Å². The van der Waals surface area contributed by atoms with Crippen molar-refractivity contribution in [3.8, 4) is 0 Å². The van der Waals surface area contributed by atoms with Gasteiger partial charge in [-0.25, -0.2) is 0 Å². The van der Waals surface area contributed by atoms with Crippen LogP contribution in [0.15, 0.2) is 28.7 Å². The van der Waals surface area contributed by atoms with Gasteiger partial charge in [-0.2, -0.15) is 0 Å². The fourth-order valence-electron chi connectivity index (χ4n) is 1.54. The number of halogens is 1. The van der Waals surface area contributed by atoms with E-state index in [-0.39, 0.29) is 11.9 Å². The fourth-order valence-corrected chi connectivity index (χ4v) is 1.96. The van der Waals surface area contributed by atoms with Crippen molar-refractivity contribution >= 4 is 21.9 Å². The number of carbonyl (C=O) groups excluding carboxylic acids is 1. The van der Waals surface area contributed by atoms with Crippen LogP contribution >= 0.6 is 15.9 Å². The molecule has 1 aromatic rings. The molecule has 3 heteroatoms. The van der Waals surface area contributed by atoms with E-state index in [4.69, 9.17) is 0 Å². The van der Waals surface area contributed by atoms with Crippen LogP contribution in [0.5, 0.6) is 0 Å². The summed E-state index contributed by atoms with van der Waals surface area (Å²) in [4.78, 5) is 11.2. The van der Waals surface area contributed by atoms with Crippen molar-refractivity contribution < 1.29 is 9.53 Å². The number of ether oxygens (including phenoxy) is 1. The van der Waals surface area contributed by atoms with E-state index in [1.807, 2.05) is 18.2 Å². The van der Waals surface area contributed by atoms with Gasteiger partial charge in [-0.3, -0.25) is 4.79 Å². The van der Waals surface area contributed by atoms with Gasteiger partial charge < -0.3 is 4.74 Å². The first kappa shape index (κ1) is 12.2. The normalized spacial score (nSPS) is 12.2. The molecule has 0 saturated heterocycles. The Balaban J connectivity index is 2.78. The van der Waals surface area contributed by atoms with Crippen LogP contribution in [0.1, 0.15) is 31.2 Å². The Morgan fingerprint density at radius 2 is 2.27 bits per heavy atom. The van der Waals surface area contributed by atoms with Gasteiger partial charge >= 0.3 is 5.97 Å². The summed E-state index contributed by atoms with van der Waals surface area (Å²) in [5.74, 6) is 0.0942. The highest BCUT2D eigenvalue weighted by Gasteiger charge is 2.14. The zero-order valence-electron chi connectivity index (χ0n) is 9.00. The van der Waals surface area contributed by atoms with Gasteiger partial charge in [0.2, 0.25) is 0 Å². The summed E-state index contributed by atoms with van der Waals surface area (Å²) in [6.45, 7) is 2.08. The third-order valence-corrected chi connectivity index (χ3v) is 2.95. The van der Waals surface area contributed by atoms with Crippen molar-refractivity contribution in [1.82, 2.24) is 0 Å². The minimum Gasteiger partial charge on any atom is -0.469 e. The lowest BCUT2D eigenvalue weighted by Gasteiger charge is -2.13. The Bertz CT molecular complexity index is 336. The highest BCUT2D eigenvalue weighted by molar-refractivity contribution is 9.10. The average molecular weight is 271 g/mol. The summed E-state index contributed by atoms with van der Waals surface area (Å²) >= 11 is 3.43. The summed E-state index contributed by atoms with van der Waals surface area (Å²) in [7, 11) is 1.43. The highest BCUT2D eigenvalue weighted by atomic mass is 79.9. The number of benzene rings is 1. The van der Waals surface area contributed by atoms with E-state index in [2.05, 4.69) is 33.7 Å². The first-order chi connectivity index (χ1) is 7.17. The van der Waals surface area contributed by atoms with Gasteiger partial charge in [0.25, 0.3) is 0 Å². The minimum atomic E-state index is -0.151. The van der Waals surface area contributed by atoms with E-state index in [0.717, 1.165) is 10.9 Å². The molecule has 0 radical (unpaired) electrons. The zero-order chi connectivity index (χ0) is 11.3. The molecule has 0 heterocycles. The number of rotatable bonds is 4. The molecule has 0 bridgehead atoms. The molecule has 0 aliphatic heterocycles. The lowest BCUT2D eigenvalue weighted by Crippen LogP contribution is -2.07. The maximum Gasteiger partial charge on any atom is 0.306 e. The van der Waals surface area contributed by atoms with E-state index in [1.165, 1.54) is 12.7 Å². The molecule has 0 aliphatic carbocycles. The third-order valence-electron chi connectivity index (χ3n) is 2.45. The smallest absolute Gasteiger partial charge is 0.306 e. The summed E-state index contributed by atoms with van der Waals surface area (Å²) in [5, 5.41) is 0. The molecule has 0 aromatic heterocycles. The Labute approximate surface area is 98.8 Å². The van der Waals surface area contributed by atoms with Crippen LogP contribution in [-0.2, 0) is 9.53 Å². The van der Waals surface area contributed by atoms with Crippen molar-refractivity contribution in [2.24, 2.45) is 0 Å². The number of esters is 1. The summed E-state index contributed by atoms with van der Waals surface area (Å²) in [6.07, 6.45) is 1.38. The molecule has 0 N–H and O–H groups in total. The standard InChI is InChI=1S/C12H15BrO2/c1-3-9(8-12(14)15-2)10-5-4-6-11(13)7-10/h4-7,9H,3,8H2,1-2H3. The minimum absolute atomic E-state index is 0.151. The van der Waals surface area contributed by atoms with Gasteiger partial charge in [0.05, 0.1) is 13.5 Å². The molecule has 15 heavy (non-hydrogen) atoms. The predicted octanol–water partition coefficient (Wildman–Crippen LogP) is 3.51. The largest absolute Gasteiger partial charge is 0.469 e. The summed E-state index contributed by atoms with van der Waals surface area (Å²) in [6, 6.07) is 8.06. The Hall–Kier alpha value is -0.830. The first-order valence-corrected chi connectivity index (χ1v) is 5.79. The Kier molecular flexibility index (Phi) is 4.82. The van der Waals surface area contributed by atoms with Gasteiger partial charge in [0.15, 0.2) is 0 Å². The third kappa shape index (κ3) is 3.67. The molecule has 2 nitrogen and oxygen atoms in total. The zero-order valence-corrected chi connectivity index (χ0v) is 10.6. The van der Waals surface area contributed by atoms with Crippen LogP contribution in [0.3, 0.4) is 0 Å². The van der Waals surface area contributed by atoms with E-state index in [0.29, 0.717) is 6.42 Å². The molecule has 1 rings (SSSR count). The quantitative estimate of drug-likeness (QED) is 0.783. The Morgan fingerprint density at radius 3 is 2.80 bits per heavy atom. The summed E-state index contributed by atoms with van der Waals surface area (Å²) in [5.41, 5.74) is 1.18. The van der Waals surface area contributed by atoms with Crippen LogP contribution in [-0.4, -0.2) is 13.1 Å². The molecule has 1 atom stereocenters. The van der Waals surface area contributed by atoms with Crippen LogP contribution in [0, 0.1) is 0 Å². The molecule has 82 valence electrons. The van der Waals surface area contributed by atoms with Gasteiger partial charge in [-0.15, -0.1) is 0 Å². The molecule has 0 fully saturated rings. The molecule has 0 aliphatic rings. The molecule has 1 aromatic carbocycles. The maximum absolute atomic E-state index is 11.2. The second kappa shape index (κ2) is 5.91. The molecule has 0 amide bonds. The SMILES string of the molecule is CCC(CC(=O)OC)c1cccc(Br)c1. The van der Waals surface area contributed by atoms with E-state index >= 15 is 0 Å². The molecule has 1 unspecified atom stereocenters. The topological polar surface area (TPSA) is 26.3 Å². The molecule has 0 spiro atoms. The van der Waals surface area contributed by atoms with E-state index < -0.39 is 0 Å². The van der Waals surface area contributed by atoms with E-state index in [1.54, 1.807) is 0 Å². The lowest BCUT2D eigenvalue weighted by atomic mass is 9.93. The highest BCUT2D eigenvalue weighted by Crippen LogP contribution is 2.25. The second-order valence-electron chi connectivity index (χ2n) is 3.44. The molecule has 0 saturated carbocycles. The molecular weight excluding hydrogens is 256 g/mol. The summed E-state index contributed by atoms with van der Waals surface area (Å²) < 4.78 is 5.73. The van der Waals surface area contributed by atoms with E-state index in [9.17, 15) is 4.79 Å². The van der Waals surface area contributed by atoms with Crippen molar-refractivity contribution in [1.29, 1.82) is 0 Å². The predicted molar refractivity (Wildman–Crippen MR) is 63.8 cm³/mol. The van der Waals surface area contributed by atoms with Crippen LogP contribution < -0.4 is 0 Å². The lowest BCUT2D eigenvalue weighted by molar-refractivity contribution is -0.141. The number of hydrogen-bond acceptors (Lipinski definition) is 2. The van der Waals surface area contributed by atoms with Gasteiger partial charge in [0.1, 0.15) is 0 Å². The average Bonchev–Trinajstić information content (AvgIpc) is 2.25. The number of methoxy groups -OCH3 is 1. The maximum atomic E-state index is 11.2. The second-order valence-corrected chi connectivity index (χ2v) is 4.36. The van der Waals surface area contributed by atoms with Crippen molar-refractivity contribution in [3.05, 3.63) is 34.3 Å². The fraction of sp³-hybridized carbons (Fsp3) is 0.417. The number of hydrogen-bond donors (Lipinski definition) is 0. The van der Waals surface area contributed by atoms with Crippen molar-refractivity contribution in [3.63, 3.8) is 0 Å². The van der Waals surface area contributed by atoms with Gasteiger partial charge in [-0.1, -0.05) is 35.0 Å². The van der Waals surface area contributed by atoms with Crippen LogP contribution in [0.2, 0.25) is 0 Å². The first-order valence-electron chi connectivity index (χ1n) is 4.99. The van der Waals surface area contributed by atoms with Crippen molar-refractivity contribution in [2.75, 3.05) is 7.11 Å². The number of carbonyl (C=O) groups is 1. The van der Waals surface area contributed by atoms with Crippen LogP contribution in [0.4, 0.5) is 0 Å². The Morgan fingerprint density at radius 1 is 1.53 bits per heavy atom. The molecular formula is C12H15BrO2. The monoisotopic (exact) mass is 270 g/mol. The van der Waals surface area contributed by atoms with Crippen LogP contribution in [0.25, 0.3) is 0 Å². The van der Waals surface area contributed by atoms with Crippen molar-refractivity contribution in [2.45, 2.75) is 25.7 Å².